The van der Waals surface area contributed by atoms with Crippen LogP contribution in [0.2, 0.25) is 5.02 Å². The summed E-state index contributed by atoms with van der Waals surface area (Å²) in [6.45, 7) is 6.50. The van der Waals surface area contributed by atoms with E-state index in [1.807, 2.05) is 43.0 Å². The molecule has 0 unspecified atom stereocenters. The van der Waals surface area contributed by atoms with Crippen molar-refractivity contribution in [2.45, 2.75) is 20.3 Å². The second-order valence-corrected chi connectivity index (χ2v) is 7.43. The molecular formula is C22H26ClN3O3. The van der Waals surface area contributed by atoms with Crippen molar-refractivity contribution in [3.8, 4) is 5.75 Å². The first-order valence-electron chi connectivity index (χ1n) is 9.71. The van der Waals surface area contributed by atoms with E-state index in [0.717, 1.165) is 11.3 Å². The largest absolute Gasteiger partial charge is 0.496 e. The number of halogens is 1. The third-order valence-electron chi connectivity index (χ3n) is 5.14. The van der Waals surface area contributed by atoms with Gasteiger partial charge in [-0.1, -0.05) is 30.7 Å². The number of carbonyl (C=O) groups excluding carboxylic acids is 2. The second kappa shape index (κ2) is 9.18. The Kier molecular flexibility index (Phi) is 6.64. The van der Waals surface area contributed by atoms with Crippen molar-refractivity contribution in [2.24, 2.45) is 0 Å². The SMILES string of the molecule is CCC(=O)N1CCN(c2ccc(Cl)cc2NC(=O)c2cccc(C)c2OC)CC1. The lowest BCUT2D eigenvalue weighted by atomic mass is 10.1. The molecule has 29 heavy (non-hydrogen) atoms. The summed E-state index contributed by atoms with van der Waals surface area (Å²) >= 11 is 6.21. The predicted molar refractivity (Wildman–Crippen MR) is 116 cm³/mol. The minimum absolute atomic E-state index is 0.167. The quantitative estimate of drug-likeness (QED) is 0.802. The second-order valence-electron chi connectivity index (χ2n) is 6.99. The summed E-state index contributed by atoms with van der Waals surface area (Å²) in [5.74, 6) is 0.468. The lowest BCUT2D eigenvalue weighted by Gasteiger charge is -2.37. The van der Waals surface area contributed by atoms with E-state index in [1.54, 1.807) is 19.2 Å². The van der Waals surface area contributed by atoms with Crippen molar-refractivity contribution in [1.29, 1.82) is 0 Å². The number of aryl methyl sites for hydroxylation is 1. The summed E-state index contributed by atoms with van der Waals surface area (Å²) < 4.78 is 5.42. The van der Waals surface area contributed by atoms with Crippen LogP contribution in [0.4, 0.5) is 11.4 Å². The Hall–Kier alpha value is -2.73. The van der Waals surface area contributed by atoms with Crippen molar-refractivity contribution in [3.05, 3.63) is 52.5 Å². The molecule has 154 valence electrons. The number of methoxy groups -OCH3 is 1. The molecule has 7 heteroatoms. The number of hydrogen-bond acceptors (Lipinski definition) is 4. The number of amides is 2. The van der Waals surface area contributed by atoms with Crippen LogP contribution in [0.1, 0.15) is 29.3 Å². The van der Waals surface area contributed by atoms with Gasteiger partial charge in [0, 0.05) is 37.6 Å². The molecule has 2 aromatic rings. The van der Waals surface area contributed by atoms with Crippen molar-refractivity contribution in [1.82, 2.24) is 4.90 Å². The normalized spacial score (nSPS) is 13.9. The van der Waals surface area contributed by atoms with Gasteiger partial charge in [-0.05, 0) is 36.8 Å². The van der Waals surface area contributed by atoms with Gasteiger partial charge in [-0.3, -0.25) is 9.59 Å². The Morgan fingerprint density at radius 2 is 1.86 bits per heavy atom. The topological polar surface area (TPSA) is 61.9 Å². The van der Waals surface area contributed by atoms with Crippen LogP contribution < -0.4 is 15.0 Å². The van der Waals surface area contributed by atoms with Crippen molar-refractivity contribution in [3.63, 3.8) is 0 Å². The molecule has 0 radical (unpaired) electrons. The predicted octanol–water partition coefficient (Wildman–Crippen LogP) is 3.97. The molecule has 1 heterocycles. The molecule has 2 amide bonds. The summed E-state index contributed by atoms with van der Waals surface area (Å²) in [6.07, 6.45) is 0.514. The average Bonchev–Trinajstić information content (AvgIpc) is 2.73. The number of nitrogens with one attached hydrogen (secondary N) is 1. The van der Waals surface area contributed by atoms with Crippen LogP contribution in [-0.2, 0) is 4.79 Å². The fourth-order valence-electron chi connectivity index (χ4n) is 3.60. The Morgan fingerprint density at radius 3 is 2.52 bits per heavy atom. The van der Waals surface area contributed by atoms with Gasteiger partial charge in [0.05, 0.1) is 24.0 Å². The van der Waals surface area contributed by atoms with Crippen molar-refractivity contribution < 1.29 is 14.3 Å². The van der Waals surface area contributed by atoms with Crippen LogP contribution in [0.25, 0.3) is 0 Å². The van der Waals surface area contributed by atoms with E-state index in [1.165, 1.54) is 0 Å². The Balaban J connectivity index is 1.82. The fourth-order valence-corrected chi connectivity index (χ4v) is 3.77. The van der Waals surface area contributed by atoms with Crippen molar-refractivity contribution >= 4 is 34.8 Å². The number of nitrogens with zero attached hydrogens (tertiary/aromatic N) is 2. The molecule has 2 aromatic carbocycles. The molecule has 0 saturated carbocycles. The minimum Gasteiger partial charge on any atom is -0.496 e. The zero-order valence-electron chi connectivity index (χ0n) is 17.0. The lowest BCUT2D eigenvalue weighted by molar-refractivity contribution is -0.131. The average molecular weight is 416 g/mol. The van der Waals surface area contributed by atoms with Crippen LogP contribution >= 0.6 is 11.6 Å². The highest BCUT2D eigenvalue weighted by Crippen LogP contribution is 2.32. The molecule has 3 rings (SSSR count). The highest BCUT2D eigenvalue weighted by Gasteiger charge is 2.23. The summed E-state index contributed by atoms with van der Waals surface area (Å²) in [5, 5.41) is 3.53. The molecule has 0 aromatic heterocycles. The van der Waals surface area contributed by atoms with Crippen LogP contribution in [0.3, 0.4) is 0 Å². The first-order valence-corrected chi connectivity index (χ1v) is 10.1. The molecule has 1 saturated heterocycles. The molecule has 1 N–H and O–H groups in total. The minimum atomic E-state index is -0.256. The zero-order valence-corrected chi connectivity index (χ0v) is 17.8. The number of rotatable bonds is 5. The van der Waals surface area contributed by atoms with Gasteiger partial charge >= 0.3 is 0 Å². The monoisotopic (exact) mass is 415 g/mol. The van der Waals surface area contributed by atoms with Gasteiger partial charge in [0.15, 0.2) is 0 Å². The van der Waals surface area contributed by atoms with E-state index in [0.29, 0.717) is 54.6 Å². The Bertz CT molecular complexity index is 908. The molecule has 6 nitrogen and oxygen atoms in total. The first-order chi connectivity index (χ1) is 13.9. The maximum absolute atomic E-state index is 13.0. The van der Waals surface area contributed by atoms with E-state index in [-0.39, 0.29) is 11.8 Å². The van der Waals surface area contributed by atoms with E-state index in [4.69, 9.17) is 16.3 Å². The number of carbonyl (C=O) groups is 2. The molecule has 0 spiro atoms. The maximum atomic E-state index is 13.0. The van der Waals surface area contributed by atoms with Crippen LogP contribution in [-0.4, -0.2) is 50.0 Å². The van der Waals surface area contributed by atoms with Gasteiger partial charge in [-0.15, -0.1) is 0 Å². The standard InChI is InChI=1S/C22H26ClN3O3/c1-4-20(27)26-12-10-25(11-13-26)19-9-8-16(23)14-18(19)24-22(28)17-7-5-6-15(2)21(17)29-3/h5-9,14H,4,10-13H2,1-3H3,(H,24,28). The Morgan fingerprint density at radius 1 is 1.14 bits per heavy atom. The van der Waals surface area contributed by atoms with E-state index in [2.05, 4.69) is 10.2 Å². The van der Waals surface area contributed by atoms with E-state index >= 15 is 0 Å². The van der Waals surface area contributed by atoms with Gasteiger partial charge in [0.25, 0.3) is 5.91 Å². The first kappa shape index (κ1) is 21.0. The highest BCUT2D eigenvalue weighted by molar-refractivity contribution is 6.31. The molecule has 0 aliphatic carbocycles. The summed E-state index contributed by atoms with van der Waals surface area (Å²) in [7, 11) is 1.56. The number of piperazine rings is 1. The van der Waals surface area contributed by atoms with Crippen LogP contribution in [0, 0.1) is 6.92 Å². The smallest absolute Gasteiger partial charge is 0.259 e. The van der Waals surface area contributed by atoms with Gasteiger partial charge in [0.1, 0.15) is 5.75 Å². The fraction of sp³-hybridized carbons (Fsp3) is 0.364. The van der Waals surface area contributed by atoms with Gasteiger partial charge in [-0.25, -0.2) is 0 Å². The number of anilines is 2. The van der Waals surface area contributed by atoms with Crippen LogP contribution in [0.15, 0.2) is 36.4 Å². The lowest BCUT2D eigenvalue weighted by Crippen LogP contribution is -2.48. The third-order valence-corrected chi connectivity index (χ3v) is 5.38. The van der Waals surface area contributed by atoms with Crippen molar-refractivity contribution in [2.75, 3.05) is 43.5 Å². The molecule has 0 atom stereocenters. The third kappa shape index (κ3) is 4.65. The van der Waals surface area contributed by atoms with Gasteiger partial charge in [-0.2, -0.15) is 0 Å². The summed E-state index contributed by atoms with van der Waals surface area (Å²) in [4.78, 5) is 28.9. The number of para-hydroxylation sites is 1. The maximum Gasteiger partial charge on any atom is 0.259 e. The number of hydrogen-bond donors (Lipinski definition) is 1. The molecule has 0 bridgehead atoms. The molecule has 1 fully saturated rings. The van der Waals surface area contributed by atoms with E-state index < -0.39 is 0 Å². The van der Waals surface area contributed by atoms with Gasteiger partial charge < -0.3 is 19.9 Å². The van der Waals surface area contributed by atoms with E-state index in [9.17, 15) is 9.59 Å². The highest BCUT2D eigenvalue weighted by atomic mass is 35.5. The van der Waals surface area contributed by atoms with Gasteiger partial charge in [0.2, 0.25) is 5.91 Å². The number of benzene rings is 2. The molecule has 1 aliphatic rings. The zero-order chi connectivity index (χ0) is 21.0. The molecular weight excluding hydrogens is 390 g/mol. The van der Waals surface area contributed by atoms with Crippen LogP contribution in [0.5, 0.6) is 5.75 Å². The summed E-state index contributed by atoms with van der Waals surface area (Å²) in [6, 6.07) is 10.9. The number of ether oxygens (including phenoxy) is 1. The molecule has 1 aliphatic heterocycles. The summed E-state index contributed by atoms with van der Waals surface area (Å²) in [5.41, 5.74) is 2.89. The Labute approximate surface area is 176 Å².